The van der Waals surface area contributed by atoms with Crippen LogP contribution in [0.3, 0.4) is 0 Å². The third-order valence-corrected chi connectivity index (χ3v) is 3.60. The fourth-order valence-electron chi connectivity index (χ4n) is 2.40. The van der Waals surface area contributed by atoms with E-state index < -0.39 is 12.5 Å². The predicted molar refractivity (Wildman–Crippen MR) is 77.8 cm³/mol. The first-order chi connectivity index (χ1) is 10.9. The van der Waals surface area contributed by atoms with E-state index in [-0.39, 0.29) is 29.0 Å². The number of benzene rings is 1. The van der Waals surface area contributed by atoms with Crippen LogP contribution in [0.2, 0.25) is 0 Å². The number of carbonyl (C=O) groups excluding carboxylic acids is 2. The van der Waals surface area contributed by atoms with Gasteiger partial charge in [0.2, 0.25) is 5.91 Å². The van der Waals surface area contributed by atoms with Crippen molar-refractivity contribution in [3.63, 3.8) is 0 Å². The lowest BCUT2D eigenvalue weighted by Gasteiger charge is -2.30. The Balaban J connectivity index is 2.08. The van der Waals surface area contributed by atoms with Gasteiger partial charge in [-0.25, -0.2) is 0 Å². The Morgan fingerprint density at radius 1 is 1.39 bits per heavy atom. The summed E-state index contributed by atoms with van der Waals surface area (Å²) in [6.45, 7) is -2.60. The summed E-state index contributed by atoms with van der Waals surface area (Å²) in [7, 11) is 2.99. The number of halogens is 2. The Morgan fingerprint density at radius 2 is 2.13 bits per heavy atom. The molecule has 1 aliphatic heterocycles. The zero-order valence-electron chi connectivity index (χ0n) is 12.8. The molecule has 1 aliphatic rings. The van der Waals surface area contributed by atoms with Gasteiger partial charge in [0, 0.05) is 31.6 Å². The van der Waals surface area contributed by atoms with E-state index in [0.29, 0.717) is 19.4 Å². The van der Waals surface area contributed by atoms with Gasteiger partial charge in [-0.3, -0.25) is 9.59 Å². The van der Waals surface area contributed by atoms with Crippen LogP contribution in [0.1, 0.15) is 23.2 Å². The molecule has 1 saturated heterocycles. The number of nitrogens with zero attached hydrogens (tertiary/aromatic N) is 1. The van der Waals surface area contributed by atoms with Gasteiger partial charge in [-0.1, -0.05) is 0 Å². The highest BCUT2D eigenvalue weighted by molar-refractivity contribution is 5.95. The maximum Gasteiger partial charge on any atom is 0.387 e. The van der Waals surface area contributed by atoms with E-state index in [1.807, 2.05) is 0 Å². The molecule has 0 radical (unpaired) electrons. The Morgan fingerprint density at radius 3 is 2.74 bits per heavy atom. The molecule has 1 aromatic carbocycles. The van der Waals surface area contributed by atoms with E-state index in [0.717, 1.165) is 0 Å². The standard InChI is InChI=1S/C15H18F2N2O4/c1-19-8-10(4-6-13(19)20)18-14(21)9-3-5-11(22-2)12(7-9)23-15(16)17/h3,5,7,10,15H,4,6,8H2,1-2H3,(H,18,21)/t10-/m0/s1. The van der Waals surface area contributed by atoms with Crippen LogP contribution in [0.15, 0.2) is 18.2 Å². The van der Waals surface area contributed by atoms with E-state index in [1.165, 1.54) is 25.3 Å². The highest BCUT2D eigenvalue weighted by Crippen LogP contribution is 2.29. The zero-order valence-corrected chi connectivity index (χ0v) is 12.8. The molecule has 1 heterocycles. The fourth-order valence-corrected chi connectivity index (χ4v) is 2.40. The lowest BCUT2D eigenvalue weighted by Crippen LogP contribution is -2.48. The van der Waals surface area contributed by atoms with E-state index in [2.05, 4.69) is 10.1 Å². The first-order valence-corrected chi connectivity index (χ1v) is 7.08. The van der Waals surface area contributed by atoms with Gasteiger partial charge in [-0.2, -0.15) is 8.78 Å². The number of piperidine rings is 1. The largest absolute Gasteiger partial charge is 0.493 e. The van der Waals surface area contributed by atoms with Gasteiger partial charge in [-0.05, 0) is 24.6 Å². The first-order valence-electron chi connectivity index (χ1n) is 7.08. The van der Waals surface area contributed by atoms with Crippen molar-refractivity contribution in [2.45, 2.75) is 25.5 Å². The van der Waals surface area contributed by atoms with Crippen molar-refractivity contribution in [2.75, 3.05) is 20.7 Å². The summed E-state index contributed by atoms with van der Waals surface area (Å²) in [4.78, 5) is 25.2. The summed E-state index contributed by atoms with van der Waals surface area (Å²) >= 11 is 0. The second-order valence-corrected chi connectivity index (χ2v) is 5.23. The number of carbonyl (C=O) groups is 2. The minimum Gasteiger partial charge on any atom is -0.493 e. The molecule has 0 unspecified atom stereocenters. The van der Waals surface area contributed by atoms with Crippen LogP contribution in [-0.4, -0.2) is 50.1 Å². The van der Waals surface area contributed by atoms with Gasteiger partial charge in [0.1, 0.15) is 0 Å². The van der Waals surface area contributed by atoms with Gasteiger partial charge in [0.05, 0.1) is 7.11 Å². The van der Waals surface area contributed by atoms with Crippen molar-refractivity contribution in [1.29, 1.82) is 0 Å². The summed E-state index contributed by atoms with van der Waals surface area (Å²) in [5.41, 5.74) is 0.181. The Hall–Kier alpha value is -2.38. The van der Waals surface area contributed by atoms with Gasteiger partial charge in [-0.15, -0.1) is 0 Å². The zero-order chi connectivity index (χ0) is 17.0. The second-order valence-electron chi connectivity index (χ2n) is 5.23. The van der Waals surface area contributed by atoms with Crippen molar-refractivity contribution in [1.82, 2.24) is 10.2 Å². The predicted octanol–water partition coefficient (Wildman–Crippen LogP) is 1.65. The Labute approximate surface area is 132 Å². The van der Waals surface area contributed by atoms with Gasteiger partial charge >= 0.3 is 6.61 Å². The van der Waals surface area contributed by atoms with E-state index in [4.69, 9.17) is 4.74 Å². The molecule has 1 atom stereocenters. The monoisotopic (exact) mass is 328 g/mol. The number of nitrogens with one attached hydrogen (secondary N) is 1. The quantitative estimate of drug-likeness (QED) is 0.892. The number of likely N-dealkylation sites (N-methyl/N-ethyl adjacent to an activating group) is 1. The lowest BCUT2D eigenvalue weighted by atomic mass is 10.0. The molecule has 1 fully saturated rings. The van der Waals surface area contributed by atoms with Gasteiger partial charge in [0.15, 0.2) is 11.5 Å². The molecule has 0 saturated carbocycles. The lowest BCUT2D eigenvalue weighted by molar-refractivity contribution is -0.132. The van der Waals surface area contributed by atoms with Crippen LogP contribution in [0.25, 0.3) is 0 Å². The molecular weight excluding hydrogens is 310 g/mol. The molecule has 1 N–H and O–H groups in total. The molecule has 126 valence electrons. The maximum absolute atomic E-state index is 12.4. The van der Waals surface area contributed by atoms with Crippen molar-refractivity contribution in [2.24, 2.45) is 0 Å². The molecular formula is C15H18F2N2O4. The van der Waals surface area contributed by atoms with Gasteiger partial charge < -0.3 is 19.7 Å². The number of rotatable bonds is 5. The summed E-state index contributed by atoms with van der Waals surface area (Å²) in [5.74, 6) is -0.469. The fraction of sp³-hybridized carbons (Fsp3) is 0.467. The Kier molecular flexibility index (Phi) is 5.36. The number of hydrogen-bond acceptors (Lipinski definition) is 4. The third-order valence-electron chi connectivity index (χ3n) is 3.60. The number of amides is 2. The summed E-state index contributed by atoms with van der Waals surface area (Å²) in [6, 6.07) is 3.89. The summed E-state index contributed by atoms with van der Waals surface area (Å²) < 4.78 is 34.1. The normalized spacial score (nSPS) is 18.0. The average Bonchev–Trinajstić information content (AvgIpc) is 2.50. The highest BCUT2D eigenvalue weighted by Gasteiger charge is 2.24. The van der Waals surface area contributed by atoms with Crippen LogP contribution in [0.5, 0.6) is 11.5 Å². The van der Waals surface area contributed by atoms with Crippen LogP contribution in [0, 0.1) is 0 Å². The topological polar surface area (TPSA) is 67.9 Å². The molecule has 0 aromatic heterocycles. The smallest absolute Gasteiger partial charge is 0.387 e. The number of hydrogen-bond donors (Lipinski definition) is 1. The molecule has 2 amide bonds. The minimum atomic E-state index is -3.01. The van der Waals surface area contributed by atoms with Crippen LogP contribution in [0.4, 0.5) is 8.78 Å². The average molecular weight is 328 g/mol. The Bertz CT molecular complexity index is 595. The minimum absolute atomic E-state index is 0.0348. The van der Waals surface area contributed by atoms with E-state index in [9.17, 15) is 18.4 Å². The van der Waals surface area contributed by atoms with Crippen molar-refractivity contribution >= 4 is 11.8 Å². The third kappa shape index (κ3) is 4.30. The molecule has 0 spiro atoms. The van der Waals surface area contributed by atoms with E-state index in [1.54, 1.807) is 11.9 Å². The number of alkyl halides is 2. The van der Waals surface area contributed by atoms with Crippen molar-refractivity contribution in [3.05, 3.63) is 23.8 Å². The number of likely N-dealkylation sites (tertiary alicyclic amines) is 1. The van der Waals surface area contributed by atoms with Crippen LogP contribution in [-0.2, 0) is 4.79 Å². The number of methoxy groups -OCH3 is 1. The molecule has 23 heavy (non-hydrogen) atoms. The van der Waals surface area contributed by atoms with Crippen LogP contribution >= 0.6 is 0 Å². The summed E-state index contributed by atoms with van der Waals surface area (Å²) in [6.07, 6.45) is 0.912. The second kappa shape index (κ2) is 7.26. The molecule has 0 aliphatic carbocycles. The maximum atomic E-state index is 12.4. The van der Waals surface area contributed by atoms with Crippen LogP contribution < -0.4 is 14.8 Å². The van der Waals surface area contributed by atoms with Crippen molar-refractivity contribution < 1.29 is 27.8 Å². The SMILES string of the molecule is COc1ccc(C(=O)N[C@H]2CCC(=O)N(C)C2)cc1OC(F)F. The van der Waals surface area contributed by atoms with E-state index >= 15 is 0 Å². The van der Waals surface area contributed by atoms with Crippen molar-refractivity contribution in [3.8, 4) is 11.5 Å². The summed E-state index contributed by atoms with van der Waals surface area (Å²) in [5, 5.41) is 2.79. The molecule has 2 rings (SSSR count). The molecule has 8 heteroatoms. The first kappa shape index (κ1) is 17.0. The molecule has 1 aromatic rings. The molecule has 0 bridgehead atoms. The number of ether oxygens (including phenoxy) is 2. The van der Waals surface area contributed by atoms with Gasteiger partial charge in [0.25, 0.3) is 5.91 Å². The highest BCUT2D eigenvalue weighted by atomic mass is 19.3. The molecule has 6 nitrogen and oxygen atoms in total.